The van der Waals surface area contributed by atoms with E-state index in [1.807, 2.05) is 0 Å². The van der Waals surface area contributed by atoms with E-state index in [-0.39, 0.29) is 16.9 Å². The van der Waals surface area contributed by atoms with Gasteiger partial charge in [0.2, 0.25) is 0 Å². The highest BCUT2D eigenvalue weighted by atomic mass is 79.9. The first-order valence-corrected chi connectivity index (χ1v) is 11.9. The fourth-order valence-electron chi connectivity index (χ4n) is 2.49. The Morgan fingerprint density at radius 1 is 1.41 bits per heavy atom. The second-order valence-corrected chi connectivity index (χ2v) is 13.6. The minimum atomic E-state index is -1.82. The van der Waals surface area contributed by atoms with E-state index in [0.29, 0.717) is 5.92 Å². The molecule has 22 heavy (non-hydrogen) atoms. The van der Waals surface area contributed by atoms with Crippen LogP contribution in [0.1, 0.15) is 53.4 Å². The van der Waals surface area contributed by atoms with Crippen molar-refractivity contribution in [3.8, 4) is 0 Å². The minimum Gasteiger partial charge on any atom is -0.413 e. The Labute approximate surface area is 145 Å². The standard InChI is InChI=1S/C18H31BrO2Si/c1-14(20)12-16(19)13-17(15-10-8-7-9-11-15)21-22(5,6)18(2,3)4/h7-8,12,15,17H,9-11,13H2,1-6H3/b16-12-. The van der Waals surface area contributed by atoms with E-state index in [1.165, 1.54) is 6.42 Å². The molecule has 0 amide bonds. The van der Waals surface area contributed by atoms with Crippen molar-refractivity contribution >= 4 is 30.0 Å². The number of hydrogen-bond acceptors (Lipinski definition) is 2. The molecule has 1 aliphatic rings. The Bertz CT molecular complexity index is 446. The van der Waals surface area contributed by atoms with E-state index in [2.05, 4.69) is 61.9 Å². The van der Waals surface area contributed by atoms with Gasteiger partial charge in [-0.05, 0) is 56.3 Å². The number of ketones is 1. The molecule has 0 aromatic heterocycles. The molecular weight excluding hydrogens is 356 g/mol. The lowest BCUT2D eigenvalue weighted by molar-refractivity contribution is -0.112. The van der Waals surface area contributed by atoms with Crippen molar-refractivity contribution < 1.29 is 9.22 Å². The molecule has 2 unspecified atom stereocenters. The molecule has 0 heterocycles. The highest BCUT2D eigenvalue weighted by Gasteiger charge is 2.40. The Balaban J connectivity index is 2.91. The van der Waals surface area contributed by atoms with Gasteiger partial charge in [-0.1, -0.05) is 48.9 Å². The summed E-state index contributed by atoms with van der Waals surface area (Å²) in [6.07, 6.45) is 10.6. The third-order valence-electron chi connectivity index (χ3n) is 4.84. The number of halogens is 1. The van der Waals surface area contributed by atoms with Crippen LogP contribution in [0, 0.1) is 5.92 Å². The zero-order valence-electron chi connectivity index (χ0n) is 14.9. The average Bonchev–Trinajstić information content (AvgIpc) is 2.36. The van der Waals surface area contributed by atoms with Gasteiger partial charge >= 0.3 is 0 Å². The molecule has 0 fully saturated rings. The summed E-state index contributed by atoms with van der Waals surface area (Å²) in [5, 5.41) is 0.201. The molecule has 0 spiro atoms. The Kier molecular flexibility index (Phi) is 7.28. The smallest absolute Gasteiger partial charge is 0.192 e. The number of hydrogen-bond donors (Lipinski definition) is 0. The number of carbonyl (C=O) groups excluding carboxylic acids is 1. The molecule has 4 heteroatoms. The minimum absolute atomic E-state index is 0.0847. The second-order valence-electron chi connectivity index (χ2n) is 7.87. The topological polar surface area (TPSA) is 26.3 Å². The average molecular weight is 387 g/mol. The van der Waals surface area contributed by atoms with E-state index in [0.717, 1.165) is 23.7 Å². The summed E-state index contributed by atoms with van der Waals surface area (Å²) >= 11 is 3.56. The zero-order chi connectivity index (χ0) is 17.0. The second kappa shape index (κ2) is 8.07. The summed E-state index contributed by atoms with van der Waals surface area (Å²) in [7, 11) is -1.82. The Hall–Kier alpha value is -0.193. The number of rotatable bonds is 6. The third kappa shape index (κ3) is 6.13. The van der Waals surface area contributed by atoms with Gasteiger partial charge in [0.1, 0.15) is 0 Å². The SMILES string of the molecule is CC(=O)/C=C(\Br)CC(O[Si](C)(C)C(C)(C)C)C1CC=CCC1. The van der Waals surface area contributed by atoms with Crippen LogP contribution < -0.4 is 0 Å². The predicted octanol–water partition coefficient (Wildman–Crippen LogP) is 5.99. The van der Waals surface area contributed by atoms with Crippen molar-refractivity contribution in [2.24, 2.45) is 5.92 Å². The fraction of sp³-hybridized carbons (Fsp3) is 0.722. The predicted molar refractivity (Wildman–Crippen MR) is 101 cm³/mol. The molecule has 1 rings (SSSR count). The molecule has 0 N–H and O–H groups in total. The highest BCUT2D eigenvalue weighted by molar-refractivity contribution is 9.11. The van der Waals surface area contributed by atoms with E-state index in [9.17, 15) is 4.79 Å². The first-order valence-electron chi connectivity index (χ1n) is 8.22. The van der Waals surface area contributed by atoms with E-state index in [4.69, 9.17) is 4.43 Å². The normalized spacial score (nSPS) is 21.8. The van der Waals surface area contributed by atoms with Crippen molar-refractivity contribution in [2.75, 3.05) is 0 Å². The molecule has 1 aliphatic carbocycles. The molecule has 0 aliphatic heterocycles. The van der Waals surface area contributed by atoms with Crippen LogP contribution in [0.25, 0.3) is 0 Å². The van der Waals surface area contributed by atoms with Crippen molar-refractivity contribution in [3.63, 3.8) is 0 Å². The van der Waals surface area contributed by atoms with Gasteiger partial charge in [0.15, 0.2) is 14.1 Å². The summed E-state index contributed by atoms with van der Waals surface area (Å²) in [5.41, 5.74) is 0. The van der Waals surface area contributed by atoms with Gasteiger partial charge in [-0.25, -0.2) is 0 Å². The summed E-state index contributed by atoms with van der Waals surface area (Å²) in [5.74, 6) is 0.633. The monoisotopic (exact) mass is 386 g/mol. The van der Waals surface area contributed by atoms with E-state index < -0.39 is 8.32 Å². The van der Waals surface area contributed by atoms with Gasteiger partial charge in [0.25, 0.3) is 0 Å². The molecule has 2 atom stereocenters. The largest absolute Gasteiger partial charge is 0.413 e. The van der Waals surface area contributed by atoms with Crippen LogP contribution in [0.3, 0.4) is 0 Å². The quantitative estimate of drug-likeness (QED) is 0.318. The first kappa shape index (κ1) is 19.9. The van der Waals surface area contributed by atoms with Gasteiger partial charge in [0, 0.05) is 10.9 Å². The molecular formula is C18H31BrO2Si. The molecule has 0 bridgehead atoms. The van der Waals surface area contributed by atoms with Crippen LogP contribution >= 0.6 is 15.9 Å². The Morgan fingerprint density at radius 3 is 2.50 bits per heavy atom. The maximum atomic E-state index is 11.3. The van der Waals surface area contributed by atoms with Crippen LogP contribution in [0.2, 0.25) is 18.1 Å². The van der Waals surface area contributed by atoms with Crippen molar-refractivity contribution in [1.29, 1.82) is 0 Å². The number of carbonyl (C=O) groups is 1. The van der Waals surface area contributed by atoms with Crippen molar-refractivity contribution in [3.05, 3.63) is 22.7 Å². The molecule has 0 aromatic rings. The molecule has 0 radical (unpaired) electrons. The van der Waals surface area contributed by atoms with E-state index >= 15 is 0 Å². The Morgan fingerprint density at radius 2 is 2.05 bits per heavy atom. The van der Waals surface area contributed by atoms with Gasteiger partial charge < -0.3 is 4.43 Å². The number of allylic oxidation sites excluding steroid dienone is 3. The van der Waals surface area contributed by atoms with Crippen LogP contribution in [0.4, 0.5) is 0 Å². The van der Waals surface area contributed by atoms with Gasteiger partial charge in [-0.15, -0.1) is 0 Å². The lowest BCUT2D eigenvalue weighted by atomic mass is 9.88. The van der Waals surface area contributed by atoms with Gasteiger partial charge in [-0.3, -0.25) is 4.79 Å². The zero-order valence-corrected chi connectivity index (χ0v) is 17.5. The molecule has 0 saturated carbocycles. The van der Waals surface area contributed by atoms with Gasteiger partial charge in [-0.2, -0.15) is 0 Å². The third-order valence-corrected chi connectivity index (χ3v) is 9.90. The highest BCUT2D eigenvalue weighted by Crippen LogP contribution is 2.40. The van der Waals surface area contributed by atoms with Crippen LogP contribution in [-0.4, -0.2) is 20.2 Å². The van der Waals surface area contributed by atoms with Crippen molar-refractivity contribution in [2.45, 2.75) is 77.6 Å². The van der Waals surface area contributed by atoms with Gasteiger partial charge in [0.05, 0.1) is 6.10 Å². The maximum absolute atomic E-state index is 11.3. The maximum Gasteiger partial charge on any atom is 0.192 e. The molecule has 0 saturated heterocycles. The molecule has 2 nitrogen and oxygen atoms in total. The molecule has 0 aromatic carbocycles. The van der Waals surface area contributed by atoms with Crippen LogP contribution in [0.15, 0.2) is 22.7 Å². The summed E-state index contributed by atoms with van der Waals surface area (Å²) in [6.45, 7) is 13.0. The van der Waals surface area contributed by atoms with Crippen LogP contribution in [-0.2, 0) is 9.22 Å². The summed E-state index contributed by atoms with van der Waals surface area (Å²) < 4.78 is 7.67. The van der Waals surface area contributed by atoms with E-state index in [1.54, 1.807) is 13.0 Å². The lowest BCUT2D eigenvalue weighted by Crippen LogP contribution is -2.46. The van der Waals surface area contributed by atoms with Crippen LogP contribution in [0.5, 0.6) is 0 Å². The lowest BCUT2D eigenvalue weighted by Gasteiger charge is -2.42. The molecule has 126 valence electrons. The fourth-order valence-corrected chi connectivity index (χ4v) is 4.51. The first-order chi connectivity index (χ1) is 10.0. The summed E-state index contributed by atoms with van der Waals surface area (Å²) in [4.78, 5) is 11.3. The van der Waals surface area contributed by atoms with Crippen molar-refractivity contribution in [1.82, 2.24) is 0 Å². The summed E-state index contributed by atoms with van der Waals surface area (Å²) in [6, 6.07) is 0.